The largest absolute Gasteiger partial charge is 0.469 e. The molecule has 120 valence electrons. The molecule has 2 aromatic rings. The first-order valence-corrected chi connectivity index (χ1v) is 8.76. The first-order chi connectivity index (χ1) is 10.3. The van der Waals surface area contributed by atoms with Crippen LogP contribution in [0.2, 0.25) is 5.02 Å². The van der Waals surface area contributed by atoms with E-state index < -0.39 is 15.6 Å². The molecule has 5 nitrogen and oxygen atoms in total. The molecule has 1 aromatic heterocycles. The van der Waals surface area contributed by atoms with Crippen molar-refractivity contribution in [3.63, 3.8) is 0 Å². The zero-order chi connectivity index (χ0) is 16.2. The van der Waals surface area contributed by atoms with E-state index in [4.69, 9.17) is 16.0 Å². The van der Waals surface area contributed by atoms with Crippen molar-refractivity contribution in [1.29, 1.82) is 0 Å². The minimum absolute atomic E-state index is 0.111. The summed E-state index contributed by atoms with van der Waals surface area (Å²) >= 11 is 5.96. The molecule has 1 unspecified atom stereocenters. The van der Waals surface area contributed by atoms with Crippen molar-refractivity contribution >= 4 is 21.6 Å². The molecule has 0 saturated heterocycles. The second-order valence-electron chi connectivity index (χ2n) is 5.42. The lowest BCUT2D eigenvalue weighted by atomic mass is 10.0. The fourth-order valence-corrected chi connectivity index (χ4v) is 3.56. The fourth-order valence-electron chi connectivity index (χ4n) is 1.99. The molecule has 0 bridgehead atoms. The average Bonchev–Trinajstić information content (AvgIpc) is 2.92. The van der Waals surface area contributed by atoms with Gasteiger partial charge in [0, 0.05) is 18.0 Å². The summed E-state index contributed by atoms with van der Waals surface area (Å²) in [6, 6.07) is 10.2. The average molecular weight is 344 g/mol. The zero-order valence-electron chi connectivity index (χ0n) is 12.1. The predicted octanol–water partition coefficient (Wildman–Crippen LogP) is 2.35. The number of hydrogen-bond acceptors (Lipinski definition) is 4. The Labute approximate surface area is 135 Å². The van der Waals surface area contributed by atoms with Crippen molar-refractivity contribution in [2.24, 2.45) is 0 Å². The minimum atomic E-state index is -3.59. The molecule has 1 atom stereocenters. The Morgan fingerprint density at radius 3 is 2.64 bits per heavy atom. The van der Waals surface area contributed by atoms with E-state index >= 15 is 0 Å². The van der Waals surface area contributed by atoms with E-state index in [1.807, 2.05) is 0 Å². The monoisotopic (exact) mass is 343 g/mol. The zero-order valence-corrected chi connectivity index (χ0v) is 13.7. The molecular weight excluding hydrogens is 326 g/mol. The quantitative estimate of drug-likeness (QED) is 0.808. The van der Waals surface area contributed by atoms with Gasteiger partial charge in [-0.3, -0.25) is 0 Å². The number of rotatable bonds is 7. The van der Waals surface area contributed by atoms with Gasteiger partial charge in [0.25, 0.3) is 0 Å². The second kappa shape index (κ2) is 6.83. The number of hydrogen-bond donors (Lipinski definition) is 2. The summed E-state index contributed by atoms with van der Waals surface area (Å²) in [6.45, 7) is 1.44. The number of halogens is 1. The van der Waals surface area contributed by atoms with Crippen LogP contribution in [-0.4, -0.2) is 25.7 Å². The number of sulfonamides is 1. The molecule has 0 amide bonds. The molecule has 0 aliphatic carbocycles. The van der Waals surface area contributed by atoms with Crippen LogP contribution in [0.25, 0.3) is 0 Å². The van der Waals surface area contributed by atoms with E-state index in [1.165, 1.54) is 6.26 Å². The third-order valence-corrected chi connectivity index (χ3v) is 4.76. The van der Waals surface area contributed by atoms with Crippen LogP contribution in [0.1, 0.15) is 18.2 Å². The van der Waals surface area contributed by atoms with E-state index in [0.717, 1.165) is 0 Å². The van der Waals surface area contributed by atoms with Crippen LogP contribution in [0.4, 0.5) is 0 Å². The Morgan fingerprint density at radius 1 is 1.27 bits per heavy atom. The maximum atomic E-state index is 12.1. The molecule has 0 saturated carbocycles. The van der Waals surface area contributed by atoms with Crippen LogP contribution in [0, 0.1) is 0 Å². The molecule has 0 spiro atoms. The van der Waals surface area contributed by atoms with Gasteiger partial charge in [-0.2, -0.15) is 0 Å². The van der Waals surface area contributed by atoms with Gasteiger partial charge in [0.05, 0.1) is 17.6 Å². The summed E-state index contributed by atoms with van der Waals surface area (Å²) < 4.78 is 31.8. The minimum Gasteiger partial charge on any atom is -0.469 e. The van der Waals surface area contributed by atoms with Crippen molar-refractivity contribution in [2.45, 2.75) is 24.7 Å². The van der Waals surface area contributed by atoms with Crippen LogP contribution in [0.15, 0.2) is 47.1 Å². The van der Waals surface area contributed by atoms with Gasteiger partial charge in [0.1, 0.15) is 5.76 Å². The third kappa shape index (κ3) is 5.14. The van der Waals surface area contributed by atoms with Crippen molar-refractivity contribution < 1.29 is 17.9 Å². The van der Waals surface area contributed by atoms with Crippen LogP contribution >= 0.6 is 11.6 Å². The van der Waals surface area contributed by atoms with Gasteiger partial charge in [-0.1, -0.05) is 29.8 Å². The molecule has 0 fully saturated rings. The smallest absolute Gasteiger partial charge is 0.215 e. The van der Waals surface area contributed by atoms with Crippen LogP contribution < -0.4 is 4.72 Å². The number of aliphatic hydroxyl groups is 1. The van der Waals surface area contributed by atoms with Gasteiger partial charge in [0.15, 0.2) is 0 Å². The SMILES string of the molecule is CC(O)(CNS(=O)(=O)Cc1ccccc1Cl)Cc1ccco1. The number of nitrogens with one attached hydrogen (secondary N) is 1. The second-order valence-corrected chi connectivity index (χ2v) is 7.64. The third-order valence-electron chi connectivity index (χ3n) is 3.11. The van der Waals surface area contributed by atoms with Crippen LogP contribution in [0.3, 0.4) is 0 Å². The van der Waals surface area contributed by atoms with Crippen LogP contribution in [-0.2, 0) is 22.2 Å². The van der Waals surface area contributed by atoms with Crippen molar-refractivity contribution in [1.82, 2.24) is 4.72 Å². The lowest BCUT2D eigenvalue weighted by Gasteiger charge is -2.22. The molecule has 7 heteroatoms. The summed E-state index contributed by atoms with van der Waals surface area (Å²) in [6.07, 6.45) is 1.72. The summed E-state index contributed by atoms with van der Waals surface area (Å²) in [5.74, 6) is 0.360. The number of benzene rings is 1. The van der Waals surface area contributed by atoms with E-state index in [-0.39, 0.29) is 18.7 Å². The number of furan rings is 1. The lowest BCUT2D eigenvalue weighted by Crippen LogP contribution is -2.42. The molecule has 22 heavy (non-hydrogen) atoms. The lowest BCUT2D eigenvalue weighted by molar-refractivity contribution is 0.0603. The molecule has 1 heterocycles. The molecule has 2 N–H and O–H groups in total. The Bertz CT molecular complexity index is 711. The highest BCUT2D eigenvalue weighted by molar-refractivity contribution is 7.88. The van der Waals surface area contributed by atoms with E-state index in [9.17, 15) is 13.5 Å². The Hall–Kier alpha value is -1.34. The topological polar surface area (TPSA) is 79.5 Å². The summed E-state index contributed by atoms with van der Waals surface area (Å²) in [5, 5.41) is 10.7. The molecule has 2 rings (SSSR count). The van der Waals surface area contributed by atoms with Gasteiger partial charge in [0.2, 0.25) is 10.0 Å². The molecule has 0 aliphatic rings. The summed E-state index contributed by atoms with van der Waals surface area (Å²) in [5.41, 5.74) is -0.729. The van der Waals surface area contributed by atoms with Gasteiger partial charge >= 0.3 is 0 Å². The highest BCUT2D eigenvalue weighted by atomic mass is 35.5. The highest BCUT2D eigenvalue weighted by Gasteiger charge is 2.25. The van der Waals surface area contributed by atoms with Crippen molar-refractivity contribution in [3.05, 3.63) is 59.0 Å². The van der Waals surface area contributed by atoms with E-state index in [2.05, 4.69) is 4.72 Å². The Morgan fingerprint density at radius 2 is 2.00 bits per heavy atom. The normalized spacial score (nSPS) is 14.7. The molecule has 0 radical (unpaired) electrons. The standard InChI is InChI=1S/C15H18ClNO4S/c1-15(18,9-13-6-4-8-21-13)11-17-22(19,20)10-12-5-2-3-7-14(12)16/h2-8,17-18H,9-11H2,1H3. The van der Waals surface area contributed by atoms with Crippen molar-refractivity contribution in [3.8, 4) is 0 Å². The Kier molecular flexibility index (Phi) is 5.28. The Balaban J connectivity index is 1.96. The predicted molar refractivity (Wildman–Crippen MR) is 85.1 cm³/mol. The molecule has 1 aromatic carbocycles. The van der Waals surface area contributed by atoms with Crippen molar-refractivity contribution in [2.75, 3.05) is 6.54 Å². The van der Waals surface area contributed by atoms with Gasteiger partial charge in [-0.05, 0) is 30.7 Å². The van der Waals surface area contributed by atoms with Gasteiger partial charge in [-0.15, -0.1) is 0 Å². The van der Waals surface area contributed by atoms with Gasteiger partial charge < -0.3 is 9.52 Å². The molecular formula is C15H18ClNO4S. The fraction of sp³-hybridized carbons (Fsp3) is 0.333. The van der Waals surface area contributed by atoms with E-state index in [0.29, 0.717) is 16.3 Å². The van der Waals surface area contributed by atoms with Gasteiger partial charge in [-0.25, -0.2) is 13.1 Å². The maximum Gasteiger partial charge on any atom is 0.215 e. The maximum absolute atomic E-state index is 12.1. The van der Waals surface area contributed by atoms with E-state index in [1.54, 1.807) is 43.3 Å². The van der Waals surface area contributed by atoms with Crippen LogP contribution in [0.5, 0.6) is 0 Å². The summed E-state index contributed by atoms with van der Waals surface area (Å²) in [4.78, 5) is 0. The highest BCUT2D eigenvalue weighted by Crippen LogP contribution is 2.18. The first-order valence-electron chi connectivity index (χ1n) is 6.73. The first kappa shape index (κ1) is 17.0. The summed E-state index contributed by atoms with van der Waals surface area (Å²) in [7, 11) is -3.59. The molecule has 0 aliphatic heterocycles.